The summed E-state index contributed by atoms with van der Waals surface area (Å²) >= 11 is 6.31. The predicted molar refractivity (Wildman–Crippen MR) is 105 cm³/mol. The summed E-state index contributed by atoms with van der Waals surface area (Å²) < 4.78 is 4.83. The largest absolute Gasteiger partial charge is 0.363 e. The van der Waals surface area contributed by atoms with Crippen LogP contribution in [0.5, 0.6) is 0 Å². The first-order valence-electron chi connectivity index (χ1n) is 8.79. The zero-order valence-electron chi connectivity index (χ0n) is 15.2. The van der Waals surface area contributed by atoms with Crippen molar-refractivity contribution < 1.29 is 9.32 Å². The minimum absolute atomic E-state index is 0.0675. The van der Waals surface area contributed by atoms with Crippen LogP contribution in [-0.4, -0.2) is 62.3 Å². The molecule has 28 heavy (non-hydrogen) atoms. The standard InChI is InChI=1S/C17H19ClN8O2/c1-3-12(27)26-6-4-5-11(8-26)25(2)16-13-14(18)23-24-15(13)21-17(22-16)20-10-7-19-28-9-10/h3,7,9,11H,1,4-6,8H2,2H3,(H2,20,21,22,23,24). The molecule has 10 nitrogen and oxygen atoms in total. The molecule has 2 N–H and O–H groups in total. The maximum absolute atomic E-state index is 12.0. The summed E-state index contributed by atoms with van der Waals surface area (Å²) in [5, 5.41) is 14.6. The van der Waals surface area contributed by atoms with Gasteiger partial charge in [0.05, 0.1) is 6.20 Å². The Morgan fingerprint density at radius 3 is 3.14 bits per heavy atom. The molecule has 1 saturated heterocycles. The van der Waals surface area contributed by atoms with E-state index < -0.39 is 0 Å². The van der Waals surface area contributed by atoms with Crippen molar-refractivity contribution in [3.8, 4) is 0 Å². The van der Waals surface area contributed by atoms with Gasteiger partial charge in [-0.3, -0.25) is 9.89 Å². The van der Waals surface area contributed by atoms with Gasteiger partial charge in [-0.25, -0.2) is 0 Å². The van der Waals surface area contributed by atoms with Gasteiger partial charge in [0.15, 0.2) is 5.65 Å². The Morgan fingerprint density at radius 1 is 1.54 bits per heavy atom. The third-order valence-electron chi connectivity index (χ3n) is 4.80. The molecule has 0 saturated carbocycles. The summed E-state index contributed by atoms with van der Waals surface area (Å²) in [6, 6.07) is 0.0742. The lowest BCUT2D eigenvalue weighted by Crippen LogP contribution is -2.48. The molecule has 1 amide bonds. The van der Waals surface area contributed by atoms with E-state index in [0.717, 1.165) is 19.4 Å². The molecule has 1 aliphatic rings. The summed E-state index contributed by atoms with van der Waals surface area (Å²) in [7, 11) is 1.93. The minimum atomic E-state index is -0.0675. The van der Waals surface area contributed by atoms with Crippen molar-refractivity contribution in [2.24, 2.45) is 0 Å². The number of likely N-dealkylation sites (N-methyl/N-ethyl adjacent to an activating group) is 1. The van der Waals surface area contributed by atoms with Gasteiger partial charge in [0, 0.05) is 26.2 Å². The predicted octanol–water partition coefficient (Wildman–Crippen LogP) is 2.35. The molecular formula is C17H19ClN8O2. The second-order valence-corrected chi connectivity index (χ2v) is 6.92. The van der Waals surface area contributed by atoms with Crippen LogP contribution in [0.4, 0.5) is 17.5 Å². The Balaban J connectivity index is 1.68. The van der Waals surface area contributed by atoms with E-state index in [1.165, 1.54) is 18.5 Å². The third kappa shape index (κ3) is 3.38. The number of carbonyl (C=O) groups is 1. The molecule has 0 aliphatic carbocycles. The molecule has 4 heterocycles. The van der Waals surface area contributed by atoms with Crippen LogP contribution in [0, 0.1) is 0 Å². The summed E-state index contributed by atoms with van der Waals surface area (Å²) in [5.74, 6) is 0.901. The van der Waals surface area contributed by atoms with Crippen LogP contribution < -0.4 is 10.2 Å². The number of halogens is 1. The number of nitrogens with one attached hydrogen (secondary N) is 2. The Labute approximate surface area is 165 Å². The van der Waals surface area contributed by atoms with Crippen molar-refractivity contribution in [2.75, 3.05) is 30.4 Å². The molecular weight excluding hydrogens is 384 g/mol. The highest BCUT2D eigenvalue weighted by molar-refractivity contribution is 6.35. The van der Waals surface area contributed by atoms with Gasteiger partial charge in [0.2, 0.25) is 11.9 Å². The number of carbonyl (C=O) groups excluding carboxylic acids is 1. The normalized spacial score (nSPS) is 16.9. The van der Waals surface area contributed by atoms with E-state index in [1.807, 2.05) is 11.9 Å². The fourth-order valence-corrected chi connectivity index (χ4v) is 3.56. The molecule has 3 aromatic heterocycles. The number of hydrogen-bond acceptors (Lipinski definition) is 8. The number of fused-ring (bicyclic) bond motifs is 1. The lowest BCUT2D eigenvalue weighted by Gasteiger charge is -2.38. The Kier molecular flexibility index (Phi) is 4.86. The van der Waals surface area contributed by atoms with Crippen molar-refractivity contribution in [1.82, 2.24) is 30.2 Å². The van der Waals surface area contributed by atoms with Crippen LogP contribution in [0.15, 0.2) is 29.6 Å². The average Bonchev–Trinajstić information content (AvgIpc) is 3.36. The quantitative estimate of drug-likeness (QED) is 0.625. The zero-order chi connectivity index (χ0) is 19.7. The van der Waals surface area contributed by atoms with E-state index in [2.05, 4.69) is 37.2 Å². The van der Waals surface area contributed by atoms with Crippen LogP contribution in [0.1, 0.15) is 12.8 Å². The third-order valence-corrected chi connectivity index (χ3v) is 5.08. The zero-order valence-corrected chi connectivity index (χ0v) is 16.0. The number of piperidine rings is 1. The molecule has 11 heteroatoms. The van der Waals surface area contributed by atoms with Crippen LogP contribution in [0.25, 0.3) is 11.0 Å². The molecule has 0 aromatic carbocycles. The number of anilines is 3. The van der Waals surface area contributed by atoms with Crippen molar-refractivity contribution in [3.05, 3.63) is 30.3 Å². The molecule has 0 bridgehead atoms. The Hall–Kier alpha value is -3.14. The van der Waals surface area contributed by atoms with E-state index in [-0.39, 0.29) is 11.9 Å². The molecule has 4 rings (SSSR count). The molecule has 1 unspecified atom stereocenters. The summed E-state index contributed by atoms with van der Waals surface area (Å²) in [6.07, 6.45) is 6.14. The maximum Gasteiger partial charge on any atom is 0.246 e. The van der Waals surface area contributed by atoms with Gasteiger partial charge in [-0.2, -0.15) is 15.1 Å². The molecule has 0 radical (unpaired) electrons. The highest BCUT2D eigenvalue weighted by atomic mass is 35.5. The van der Waals surface area contributed by atoms with E-state index >= 15 is 0 Å². The first kappa shape index (κ1) is 18.2. The van der Waals surface area contributed by atoms with Crippen LogP contribution in [-0.2, 0) is 4.79 Å². The molecule has 146 valence electrons. The van der Waals surface area contributed by atoms with Gasteiger partial charge in [0.1, 0.15) is 28.3 Å². The van der Waals surface area contributed by atoms with E-state index in [4.69, 9.17) is 16.1 Å². The molecule has 3 aromatic rings. The topological polar surface area (TPSA) is 116 Å². The number of amides is 1. The fraction of sp³-hybridized carbons (Fsp3) is 0.353. The van der Waals surface area contributed by atoms with Gasteiger partial charge in [0.25, 0.3) is 0 Å². The number of aromatic amines is 1. The first-order valence-corrected chi connectivity index (χ1v) is 9.17. The number of likely N-dealkylation sites (tertiary alicyclic amines) is 1. The first-order chi connectivity index (χ1) is 13.6. The van der Waals surface area contributed by atoms with Crippen LogP contribution in [0.3, 0.4) is 0 Å². The van der Waals surface area contributed by atoms with Crippen LogP contribution >= 0.6 is 11.6 Å². The Bertz CT molecular complexity index is 1000. The van der Waals surface area contributed by atoms with Crippen molar-refractivity contribution >= 4 is 46.0 Å². The smallest absolute Gasteiger partial charge is 0.246 e. The van der Waals surface area contributed by atoms with Gasteiger partial charge in [-0.1, -0.05) is 23.3 Å². The Morgan fingerprint density at radius 2 is 2.39 bits per heavy atom. The van der Waals surface area contributed by atoms with E-state index in [0.29, 0.717) is 40.2 Å². The van der Waals surface area contributed by atoms with Gasteiger partial charge in [-0.05, 0) is 18.9 Å². The second kappa shape index (κ2) is 7.47. The number of nitrogens with zero attached hydrogens (tertiary/aromatic N) is 6. The number of H-pyrrole nitrogens is 1. The van der Waals surface area contributed by atoms with Crippen molar-refractivity contribution in [1.29, 1.82) is 0 Å². The van der Waals surface area contributed by atoms with Gasteiger partial charge in [-0.15, -0.1) is 0 Å². The fourth-order valence-electron chi connectivity index (χ4n) is 3.35. The molecule has 0 spiro atoms. The number of rotatable bonds is 5. The molecule has 1 aliphatic heterocycles. The van der Waals surface area contributed by atoms with Crippen molar-refractivity contribution in [3.63, 3.8) is 0 Å². The highest BCUT2D eigenvalue weighted by Gasteiger charge is 2.28. The van der Waals surface area contributed by atoms with Crippen molar-refractivity contribution in [2.45, 2.75) is 18.9 Å². The maximum atomic E-state index is 12.0. The lowest BCUT2D eigenvalue weighted by atomic mass is 10.0. The minimum Gasteiger partial charge on any atom is -0.363 e. The highest BCUT2D eigenvalue weighted by Crippen LogP contribution is 2.32. The molecule has 1 atom stereocenters. The summed E-state index contributed by atoms with van der Waals surface area (Å²) in [5.41, 5.74) is 1.06. The molecule has 1 fully saturated rings. The lowest BCUT2D eigenvalue weighted by molar-refractivity contribution is -0.127. The average molecular weight is 403 g/mol. The SMILES string of the molecule is C=CC(=O)N1CCCC(N(C)c2nc(Nc3cnoc3)nc3n[nH]c(Cl)c23)C1. The van der Waals surface area contributed by atoms with E-state index in [9.17, 15) is 4.79 Å². The van der Waals surface area contributed by atoms with E-state index in [1.54, 1.807) is 4.90 Å². The second-order valence-electron chi connectivity index (χ2n) is 6.54. The van der Waals surface area contributed by atoms with Gasteiger partial charge >= 0.3 is 0 Å². The number of aromatic nitrogens is 5. The summed E-state index contributed by atoms with van der Waals surface area (Å²) in [6.45, 7) is 4.88. The van der Waals surface area contributed by atoms with Gasteiger partial charge < -0.3 is 19.6 Å². The number of hydrogen-bond donors (Lipinski definition) is 2. The monoisotopic (exact) mass is 402 g/mol. The van der Waals surface area contributed by atoms with Crippen LogP contribution in [0.2, 0.25) is 5.15 Å². The summed E-state index contributed by atoms with van der Waals surface area (Å²) in [4.78, 5) is 24.9.